The zero-order chi connectivity index (χ0) is 10.4. The molecule has 0 heterocycles. The minimum Gasteiger partial charge on any atom is -0.497 e. The van der Waals surface area contributed by atoms with E-state index in [-0.39, 0.29) is 0 Å². The van der Waals surface area contributed by atoms with Crippen LogP contribution in [0.25, 0.3) is 0 Å². The van der Waals surface area contributed by atoms with Crippen LogP contribution in [0.1, 0.15) is 0 Å². The molecule has 0 unspecified atom stereocenters. The molecule has 2 N–H and O–H groups in total. The van der Waals surface area contributed by atoms with Gasteiger partial charge < -0.3 is 15.2 Å². The van der Waals surface area contributed by atoms with Crippen molar-refractivity contribution in [2.24, 2.45) is 0 Å². The van der Waals surface area contributed by atoms with Gasteiger partial charge in [0.2, 0.25) is 0 Å². The van der Waals surface area contributed by atoms with Crippen LogP contribution in [0.15, 0.2) is 29.8 Å². The molecule has 0 bridgehead atoms. The van der Waals surface area contributed by atoms with E-state index in [4.69, 9.17) is 26.8 Å². The Morgan fingerprint density at radius 3 is 2.86 bits per heavy atom. The maximum Gasteiger partial charge on any atom is 0.142 e. The van der Waals surface area contributed by atoms with Crippen molar-refractivity contribution in [1.29, 1.82) is 0 Å². The second-order valence-corrected chi connectivity index (χ2v) is 2.83. The van der Waals surface area contributed by atoms with Crippen molar-refractivity contribution >= 4 is 17.3 Å². The Labute approximate surface area is 88.1 Å². The normalized spacial score (nSPS) is 10.4. The number of methoxy groups -OCH3 is 1. The molecule has 0 amide bonds. The van der Waals surface area contributed by atoms with Gasteiger partial charge in [-0.1, -0.05) is 11.6 Å². The zero-order valence-corrected chi connectivity index (χ0v) is 8.62. The summed E-state index contributed by atoms with van der Waals surface area (Å²) in [7, 11) is 1.59. The second-order valence-electron chi connectivity index (χ2n) is 2.58. The smallest absolute Gasteiger partial charge is 0.142 e. The molecule has 3 nitrogen and oxygen atoms in total. The number of halogens is 1. The van der Waals surface area contributed by atoms with Gasteiger partial charge in [-0.25, -0.2) is 0 Å². The first-order valence-electron chi connectivity index (χ1n) is 4.09. The Kier molecular flexibility index (Phi) is 4.13. The third kappa shape index (κ3) is 2.85. The van der Waals surface area contributed by atoms with E-state index in [0.717, 1.165) is 0 Å². The lowest BCUT2D eigenvalue weighted by Gasteiger charge is -2.07. The van der Waals surface area contributed by atoms with Gasteiger partial charge in [-0.15, -0.1) is 0 Å². The van der Waals surface area contributed by atoms with Crippen LogP contribution >= 0.6 is 11.6 Å². The van der Waals surface area contributed by atoms with E-state index in [1.165, 1.54) is 5.54 Å². The summed E-state index contributed by atoms with van der Waals surface area (Å²) in [6.07, 6.45) is 1.69. The van der Waals surface area contributed by atoms with E-state index >= 15 is 0 Å². The highest BCUT2D eigenvalue weighted by Crippen LogP contribution is 2.25. The number of ether oxygens (including phenoxy) is 2. The van der Waals surface area contributed by atoms with Crippen molar-refractivity contribution in [2.45, 2.75) is 0 Å². The minimum atomic E-state index is 0.403. The molecule has 0 aliphatic carbocycles. The molecule has 0 atom stereocenters. The molecule has 1 aromatic rings. The average Bonchev–Trinajstić information content (AvgIpc) is 2.20. The van der Waals surface area contributed by atoms with Gasteiger partial charge in [0.25, 0.3) is 0 Å². The predicted molar refractivity (Wildman–Crippen MR) is 57.9 cm³/mol. The maximum absolute atomic E-state index is 5.72. The molecule has 0 aromatic heterocycles. The lowest BCUT2D eigenvalue weighted by molar-refractivity contribution is 0.363. The number of rotatable bonds is 4. The van der Waals surface area contributed by atoms with Crippen LogP contribution in [-0.4, -0.2) is 13.7 Å². The molecule has 0 aliphatic rings. The third-order valence-corrected chi connectivity index (χ3v) is 1.82. The topological polar surface area (TPSA) is 44.5 Å². The highest BCUT2D eigenvalue weighted by Gasteiger charge is 2.00. The monoisotopic (exact) mass is 213 g/mol. The average molecular weight is 214 g/mol. The molecular formula is C10H12ClNO2. The number of hydrogen-bond acceptors (Lipinski definition) is 3. The fourth-order valence-corrected chi connectivity index (χ4v) is 1.03. The third-order valence-electron chi connectivity index (χ3n) is 1.64. The Morgan fingerprint density at radius 2 is 2.29 bits per heavy atom. The lowest BCUT2D eigenvalue weighted by atomic mass is 10.3. The largest absolute Gasteiger partial charge is 0.497 e. The molecule has 1 rings (SSSR count). The molecule has 0 radical (unpaired) electrons. The number of benzene rings is 1. The van der Waals surface area contributed by atoms with E-state index in [9.17, 15) is 0 Å². The molecule has 1 aromatic carbocycles. The van der Waals surface area contributed by atoms with Crippen LogP contribution in [0.5, 0.6) is 11.5 Å². The fraction of sp³-hybridized carbons (Fsp3) is 0.200. The first-order valence-corrected chi connectivity index (χ1v) is 4.53. The molecule has 0 aliphatic heterocycles. The Hall–Kier alpha value is -1.35. The first kappa shape index (κ1) is 10.7. The van der Waals surface area contributed by atoms with Crippen LogP contribution in [0.2, 0.25) is 0 Å². The van der Waals surface area contributed by atoms with Crippen molar-refractivity contribution in [3.63, 3.8) is 0 Å². The van der Waals surface area contributed by atoms with Gasteiger partial charge >= 0.3 is 0 Å². The van der Waals surface area contributed by atoms with E-state index in [1.807, 2.05) is 0 Å². The first-order chi connectivity index (χ1) is 6.77. The van der Waals surface area contributed by atoms with Gasteiger partial charge in [0.05, 0.1) is 12.8 Å². The van der Waals surface area contributed by atoms with Crippen molar-refractivity contribution in [3.8, 4) is 11.5 Å². The van der Waals surface area contributed by atoms with Crippen molar-refractivity contribution in [1.82, 2.24) is 0 Å². The zero-order valence-electron chi connectivity index (χ0n) is 7.87. The van der Waals surface area contributed by atoms with Crippen molar-refractivity contribution in [3.05, 3.63) is 29.8 Å². The summed E-state index contributed by atoms with van der Waals surface area (Å²) in [4.78, 5) is 0. The SMILES string of the molecule is COc1ccc(OC/C=C/Cl)c(N)c1. The van der Waals surface area contributed by atoms with Gasteiger partial charge in [0, 0.05) is 11.6 Å². The van der Waals surface area contributed by atoms with Gasteiger partial charge in [0.1, 0.15) is 18.1 Å². The summed E-state index contributed by atoms with van der Waals surface area (Å²) < 4.78 is 10.3. The molecule has 0 fully saturated rings. The van der Waals surface area contributed by atoms with Crippen LogP contribution in [-0.2, 0) is 0 Å². The van der Waals surface area contributed by atoms with Crippen LogP contribution in [0, 0.1) is 0 Å². The van der Waals surface area contributed by atoms with Gasteiger partial charge in [-0.3, -0.25) is 0 Å². The van der Waals surface area contributed by atoms with Gasteiger partial charge in [0.15, 0.2) is 0 Å². The van der Waals surface area contributed by atoms with E-state index < -0.39 is 0 Å². The molecule has 0 spiro atoms. The fourth-order valence-electron chi connectivity index (χ4n) is 0.959. The molecule has 0 saturated carbocycles. The summed E-state index contributed by atoms with van der Waals surface area (Å²) in [6.45, 7) is 0.403. The Bertz CT molecular complexity index is 326. The lowest BCUT2D eigenvalue weighted by Crippen LogP contribution is -1.98. The number of nitrogens with two attached hydrogens (primary N) is 1. The Morgan fingerprint density at radius 1 is 1.50 bits per heavy atom. The summed E-state index contributed by atoms with van der Waals surface area (Å²) >= 11 is 5.34. The van der Waals surface area contributed by atoms with Crippen LogP contribution in [0.3, 0.4) is 0 Å². The molecule has 4 heteroatoms. The van der Waals surface area contributed by atoms with Crippen LogP contribution < -0.4 is 15.2 Å². The minimum absolute atomic E-state index is 0.403. The number of nitrogen functional groups attached to an aromatic ring is 1. The van der Waals surface area contributed by atoms with Crippen LogP contribution in [0.4, 0.5) is 5.69 Å². The summed E-state index contributed by atoms with van der Waals surface area (Å²) in [5, 5.41) is 0. The summed E-state index contributed by atoms with van der Waals surface area (Å²) in [5.74, 6) is 1.34. The molecule has 14 heavy (non-hydrogen) atoms. The summed E-state index contributed by atoms with van der Waals surface area (Å²) in [6, 6.07) is 5.26. The second kappa shape index (κ2) is 5.40. The highest BCUT2D eigenvalue weighted by atomic mass is 35.5. The molecule has 0 saturated heterocycles. The quantitative estimate of drug-likeness (QED) is 0.782. The molecular weight excluding hydrogens is 202 g/mol. The Balaban J connectivity index is 2.68. The van der Waals surface area contributed by atoms with E-state index in [1.54, 1.807) is 31.4 Å². The van der Waals surface area contributed by atoms with E-state index in [0.29, 0.717) is 23.8 Å². The highest BCUT2D eigenvalue weighted by molar-refractivity contribution is 6.25. The number of anilines is 1. The summed E-state index contributed by atoms with van der Waals surface area (Å²) in [5.41, 5.74) is 7.67. The number of hydrogen-bond donors (Lipinski definition) is 1. The molecule has 76 valence electrons. The predicted octanol–water partition coefficient (Wildman–Crippen LogP) is 2.41. The van der Waals surface area contributed by atoms with Gasteiger partial charge in [-0.05, 0) is 18.2 Å². The van der Waals surface area contributed by atoms with Crippen molar-refractivity contribution < 1.29 is 9.47 Å². The van der Waals surface area contributed by atoms with E-state index in [2.05, 4.69) is 0 Å². The van der Waals surface area contributed by atoms with Crippen molar-refractivity contribution in [2.75, 3.05) is 19.5 Å². The van der Waals surface area contributed by atoms with Gasteiger partial charge in [-0.2, -0.15) is 0 Å². The maximum atomic E-state index is 5.72. The standard InChI is InChI=1S/C10H12ClNO2/c1-13-8-3-4-10(9(12)7-8)14-6-2-5-11/h2-5,7H,6,12H2,1H3/b5-2+.